The molecule has 0 atom stereocenters. The van der Waals surface area contributed by atoms with Gasteiger partial charge in [0.15, 0.2) is 6.61 Å². The molecular formula is C15H24N2O5S. The van der Waals surface area contributed by atoms with Crippen molar-refractivity contribution in [1.82, 2.24) is 9.21 Å². The van der Waals surface area contributed by atoms with Gasteiger partial charge in [0.25, 0.3) is 5.91 Å². The first kappa shape index (κ1) is 16.7. The highest BCUT2D eigenvalue weighted by molar-refractivity contribution is 7.89. The molecule has 1 saturated carbocycles. The Bertz CT molecular complexity index is 546. The minimum atomic E-state index is -3.24. The lowest BCUT2D eigenvalue weighted by Crippen LogP contribution is -2.49. The zero-order chi connectivity index (χ0) is 16.4. The summed E-state index contributed by atoms with van der Waals surface area (Å²) in [5.74, 6) is 0.197. The maximum atomic E-state index is 12.6. The monoisotopic (exact) mass is 344 g/mol. The van der Waals surface area contributed by atoms with Crippen molar-refractivity contribution in [3.05, 3.63) is 0 Å². The van der Waals surface area contributed by atoms with Gasteiger partial charge < -0.3 is 4.74 Å². The number of imide groups is 1. The highest BCUT2D eigenvalue weighted by atomic mass is 32.2. The number of sulfonamides is 1. The van der Waals surface area contributed by atoms with Crippen molar-refractivity contribution in [1.29, 1.82) is 0 Å². The fraction of sp³-hybridized carbons (Fsp3) is 0.867. The van der Waals surface area contributed by atoms with Crippen LogP contribution in [0.1, 0.15) is 44.9 Å². The highest BCUT2D eigenvalue weighted by Gasteiger charge is 2.40. The highest BCUT2D eigenvalue weighted by Crippen LogP contribution is 2.28. The zero-order valence-corrected chi connectivity index (χ0v) is 14.1. The molecule has 3 fully saturated rings. The van der Waals surface area contributed by atoms with Gasteiger partial charge in [-0.3, -0.25) is 4.79 Å². The third kappa shape index (κ3) is 3.68. The molecule has 0 bridgehead atoms. The van der Waals surface area contributed by atoms with Crippen LogP contribution in [0.2, 0.25) is 0 Å². The number of piperidine rings is 1. The van der Waals surface area contributed by atoms with Crippen molar-refractivity contribution in [2.24, 2.45) is 5.92 Å². The normalized spacial score (nSPS) is 25.8. The van der Waals surface area contributed by atoms with Gasteiger partial charge in [-0.25, -0.2) is 22.4 Å². The van der Waals surface area contributed by atoms with E-state index in [1.165, 1.54) is 10.7 Å². The fourth-order valence-electron chi connectivity index (χ4n) is 3.85. The molecule has 2 saturated heterocycles. The van der Waals surface area contributed by atoms with Crippen molar-refractivity contribution in [3.63, 3.8) is 0 Å². The van der Waals surface area contributed by atoms with Crippen LogP contribution in [-0.2, 0) is 19.6 Å². The topological polar surface area (TPSA) is 84.0 Å². The van der Waals surface area contributed by atoms with Crippen LogP contribution in [0.5, 0.6) is 0 Å². The van der Waals surface area contributed by atoms with E-state index < -0.39 is 16.1 Å². The first-order chi connectivity index (χ1) is 11.0. The molecule has 7 nitrogen and oxygen atoms in total. The molecule has 2 aliphatic heterocycles. The number of carbonyl (C=O) groups excluding carboxylic acids is 2. The summed E-state index contributed by atoms with van der Waals surface area (Å²) in [5.41, 5.74) is 0. The van der Waals surface area contributed by atoms with Gasteiger partial charge in [-0.2, -0.15) is 0 Å². The summed E-state index contributed by atoms with van der Waals surface area (Å²) in [7, 11) is -3.24. The van der Waals surface area contributed by atoms with Crippen LogP contribution in [0, 0.1) is 5.92 Å². The van der Waals surface area contributed by atoms with E-state index in [0.29, 0.717) is 25.9 Å². The number of hydrogen-bond acceptors (Lipinski definition) is 5. The quantitative estimate of drug-likeness (QED) is 0.768. The summed E-state index contributed by atoms with van der Waals surface area (Å²) < 4.78 is 31.4. The van der Waals surface area contributed by atoms with E-state index in [4.69, 9.17) is 4.74 Å². The maximum Gasteiger partial charge on any atom is 0.417 e. The van der Waals surface area contributed by atoms with Crippen molar-refractivity contribution in [2.75, 3.05) is 25.4 Å². The molecular weight excluding hydrogens is 320 g/mol. The summed E-state index contributed by atoms with van der Waals surface area (Å²) in [6, 6.07) is -0.237. The smallest absolute Gasteiger partial charge is 0.417 e. The summed E-state index contributed by atoms with van der Waals surface area (Å²) in [5, 5.41) is 0. The second-order valence-electron chi connectivity index (χ2n) is 6.73. The molecule has 0 aromatic heterocycles. The van der Waals surface area contributed by atoms with Gasteiger partial charge in [-0.1, -0.05) is 19.3 Å². The Labute approximate surface area is 137 Å². The first-order valence-corrected chi connectivity index (χ1v) is 10.0. The SMILES string of the molecule is O=C1COC(=O)N1C1CCN(S(=O)(=O)CC2CCCCC2)CC1. The predicted molar refractivity (Wildman–Crippen MR) is 83.2 cm³/mol. The van der Waals surface area contributed by atoms with Gasteiger partial charge in [-0.15, -0.1) is 0 Å². The van der Waals surface area contributed by atoms with Gasteiger partial charge in [-0.05, 0) is 31.6 Å². The summed E-state index contributed by atoms with van der Waals surface area (Å²) in [4.78, 5) is 24.4. The average Bonchev–Trinajstić information content (AvgIpc) is 2.87. The number of carbonyl (C=O) groups is 2. The molecule has 0 aromatic rings. The lowest BCUT2D eigenvalue weighted by Gasteiger charge is -2.35. The molecule has 130 valence electrons. The summed E-state index contributed by atoms with van der Waals surface area (Å²) >= 11 is 0. The van der Waals surface area contributed by atoms with Gasteiger partial charge >= 0.3 is 6.09 Å². The van der Waals surface area contributed by atoms with Gasteiger partial charge in [0.1, 0.15) is 0 Å². The van der Waals surface area contributed by atoms with Crippen LogP contribution in [0.3, 0.4) is 0 Å². The van der Waals surface area contributed by atoms with Crippen molar-refractivity contribution < 1.29 is 22.7 Å². The lowest BCUT2D eigenvalue weighted by molar-refractivity contribution is -0.127. The van der Waals surface area contributed by atoms with Gasteiger partial charge in [0, 0.05) is 19.1 Å². The molecule has 8 heteroatoms. The standard InChI is InChI=1S/C15H24N2O5S/c18-14-10-22-15(19)17(14)13-6-8-16(9-7-13)23(20,21)11-12-4-2-1-3-5-12/h12-13H,1-11H2. The number of hydrogen-bond donors (Lipinski definition) is 0. The molecule has 1 aliphatic carbocycles. The number of ether oxygens (including phenoxy) is 1. The molecule has 0 spiro atoms. The zero-order valence-electron chi connectivity index (χ0n) is 13.3. The van der Waals surface area contributed by atoms with E-state index in [1.54, 1.807) is 0 Å². The van der Waals surface area contributed by atoms with Crippen molar-refractivity contribution >= 4 is 22.0 Å². The Morgan fingerprint density at radius 3 is 2.22 bits per heavy atom. The predicted octanol–water partition coefficient (Wildman–Crippen LogP) is 1.34. The Morgan fingerprint density at radius 2 is 1.65 bits per heavy atom. The van der Waals surface area contributed by atoms with E-state index in [2.05, 4.69) is 0 Å². The van der Waals surface area contributed by atoms with Crippen LogP contribution in [-0.4, -0.2) is 61.1 Å². The lowest BCUT2D eigenvalue weighted by atomic mass is 9.91. The van der Waals surface area contributed by atoms with E-state index in [-0.39, 0.29) is 30.2 Å². The number of amides is 2. The molecule has 2 heterocycles. The Hall–Kier alpha value is -1.15. The molecule has 0 aromatic carbocycles. The Balaban J connectivity index is 1.55. The second kappa shape index (κ2) is 6.76. The number of cyclic esters (lactones) is 1. The van der Waals surface area contributed by atoms with Crippen LogP contribution < -0.4 is 0 Å². The van der Waals surface area contributed by atoms with E-state index in [9.17, 15) is 18.0 Å². The fourth-order valence-corrected chi connectivity index (χ4v) is 5.76. The minimum Gasteiger partial charge on any atom is -0.439 e. The number of nitrogens with zero attached hydrogens (tertiary/aromatic N) is 2. The van der Waals surface area contributed by atoms with Crippen molar-refractivity contribution in [2.45, 2.75) is 51.0 Å². The third-order valence-electron chi connectivity index (χ3n) is 5.14. The maximum absolute atomic E-state index is 12.6. The molecule has 0 radical (unpaired) electrons. The first-order valence-electron chi connectivity index (χ1n) is 8.44. The Morgan fingerprint density at radius 1 is 1.00 bits per heavy atom. The molecule has 2 amide bonds. The van der Waals surface area contributed by atoms with Crippen LogP contribution in [0.25, 0.3) is 0 Å². The van der Waals surface area contributed by atoms with Gasteiger partial charge in [0.2, 0.25) is 10.0 Å². The second-order valence-corrected chi connectivity index (χ2v) is 8.74. The molecule has 3 rings (SSSR count). The van der Waals surface area contributed by atoms with E-state index in [1.807, 2.05) is 0 Å². The number of rotatable bonds is 4. The molecule has 0 N–H and O–H groups in total. The average molecular weight is 344 g/mol. The molecule has 23 heavy (non-hydrogen) atoms. The largest absolute Gasteiger partial charge is 0.439 e. The van der Waals surface area contributed by atoms with E-state index in [0.717, 1.165) is 30.6 Å². The Kier molecular flexibility index (Phi) is 4.91. The van der Waals surface area contributed by atoms with Crippen LogP contribution >= 0.6 is 0 Å². The van der Waals surface area contributed by atoms with Crippen LogP contribution in [0.15, 0.2) is 0 Å². The van der Waals surface area contributed by atoms with Gasteiger partial charge in [0.05, 0.1) is 5.75 Å². The molecule has 0 unspecified atom stereocenters. The van der Waals surface area contributed by atoms with E-state index >= 15 is 0 Å². The summed E-state index contributed by atoms with van der Waals surface area (Å²) in [6.45, 7) is 0.548. The third-order valence-corrected chi connectivity index (χ3v) is 7.18. The summed E-state index contributed by atoms with van der Waals surface area (Å²) in [6.07, 6.45) is 5.85. The minimum absolute atomic E-state index is 0.195. The molecule has 3 aliphatic rings. The van der Waals surface area contributed by atoms with Crippen LogP contribution in [0.4, 0.5) is 4.79 Å². The van der Waals surface area contributed by atoms with Crippen molar-refractivity contribution in [3.8, 4) is 0 Å².